The second kappa shape index (κ2) is 6.80. The standard InChI is InChI=1S/C14H24N2O5/c1-5-8-20-11(17)15-9-14(19)6-7-16(10-14)12(18)21-13(2,3)4/h5,19H,1,6-10H2,2-4H3,(H,15,17). The number of nitrogens with zero attached hydrogens (tertiary/aromatic N) is 1. The van der Waals surface area contributed by atoms with Crippen molar-refractivity contribution in [3.8, 4) is 0 Å². The molecule has 0 aliphatic carbocycles. The van der Waals surface area contributed by atoms with Gasteiger partial charge in [0, 0.05) is 6.54 Å². The van der Waals surface area contributed by atoms with Gasteiger partial charge in [0.1, 0.15) is 17.8 Å². The lowest BCUT2D eigenvalue weighted by atomic mass is 10.0. The zero-order chi connectivity index (χ0) is 16.1. The minimum atomic E-state index is -1.16. The van der Waals surface area contributed by atoms with Gasteiger partial charge in [-0.1, -0.05) is 12.7 Å². The summed E-state index contributed by atoms with van der Waals surface area (Å²) < 4.78 is 10.00. The number of hydrogen-bond acceptors (Lipinski definition) is 5. The van der Waals surface area contributed by atoms with Crippen LogP contribution in [0.25, 0.3) is 0 Å². The maximum atomic E-state index is 11.9. The first kappa shape index (κ1) is 17.3. The average molecular weight is 300 g/mol. The van der Waals surface area contributed by atoms with Crippen molar-refractivity contribution in [2.75, 3.05) is 26.2 Å². The Kier molecular flexibility index (Phi) is 5.60. The second-order valence-corrected chi connectivity index (χ2v) is 6.12. The number of rotatable bonds is 4. The third-order valence-corrected chi connectivity index (χ3v) is 2.88. The molecule has 1 heterocycles. The fraction of sp³-hybridized carbons (Fsp3) is 0.714. The number of hydrogen-bond donors (Lipinski definition) is 2. The summed E-state index contributed by atoms with van der Waals surface area (Å²) in [6.45, 7) is 9.40. The molecule has 0 aromatic carbocycles. The molecular weight excluding hydrogens is 276 g/mol. The quantitative estimate of drug-likeness (QED) is 0.763. The van der Waals surface area contributed by atoms with Crippen LogP contribution in [-0.2, 0) is 9.47 Å². The molecule has 0 aromatic heterocycles. The zero-order valence-electron chi connectivity index (χ0n) is 12.8. The van der Waals surface area contributed by atoms with Crippen molar-refractivity contribution >= 4 is 12.2 Å². The Labute approximate surface area is 124 Å². The molecular formula is C14H24N2O5. The summed E-state index contributed by atoms with van der Waals surface area (Å²) in [5, 5.41) is 12.8. The number of alkyl carbamates (subject to hydrolysis) is 1. The van der Waals surface area contributed by atoms with Gasteiger partial charge >= 0.3 is 12.2 Å². The predicted molar refractivity (Wildman–Crippen MR) is 76.9 cm³/mol. The molecule has 0 aromatic rings. The highest BCUT2D eigenvalue weighted by molar-refractivity contribution is 5.69. The van der Waals surface area contributed by atoms with Crippen molar-refractivity contribution in [2.24, 2.45) is 0 Å². The Bertz CT molecular complexity index is 405. The van der Waals surface area contributed by atoms with E-state index >= 15 is 0 Å². The molecule has 1 saturated heterocycles. The molecule has 0 saturated carbocycles. The molecule has 1 unspecified atom stereocenters. The van der Waals surface area contributed by atoms with Gasteiger partial charge in [-0.05, 0) is 27.2 Å². The topological polar surface area (TPSA) is 88.1 Å². The van der Waals surface area contributed by atoms with Crippen molar-refractivity contribution in [1.29, 1.82) is 0 Å². The number of carbonyl (C=O) groups excluding carboxylic acids is 2. The Morgan fingerprint density at radius 3 is 2.71 bits per heavy atom. The number of likely N-dealkylation sites (tertiary alicyclic amines) is 1. The summed E-state index contributed by atoms with van der Waals surface area (Å²) in [4.78, 5) is 24.6. The van der Waals surface area contributed by atoms with Crippen LogP contribution in [0.15, 0.2) is 12.7 Å². The van der Waals surface area contributed by atoms with Crippen molar-refractivity contribution in [1.82, 2.24) is 10.2 Å². The second-order valence-electron chi connectivity index (χ2n) is 6.12. The smallest absolute Gasteiger partial charge is 0.410 e. The van der Waals surface area contributed by atoms with E-state index in [2.05, 4.69) is 11.9 Å². The highest BCUT2D eigenvalue weighted by Gasteiger charge is 2.40. The van der Waals surface area contributed by atoms with Crippen LogP contribution in [0, 0.1) is 0 Å². The summed E-state index contributed by atoms with van der Waals surface area (Å²) in [5.74, 6) is 0. The third-order valence-electron chi connectivity index (χ3n) is 2.88. The van der Waals surface area contributed by atoms with Gasteiger partial charge in [-0.15, -0.1) is 0 Å². The van der Waals surface area contributed by atoms with E-state index in [4.69, 9.17) is 9.47 Å². The van der Waals surface area contributed by atoms with Crippen LogP contribution < -0.4 is 5.32 Å². The van der Waals surface area contributed by atoms with Crippen LogP contribution in [0.1, 0.15) is 27.2 Å². The lowest BCUT2D eigenvalue weighted by Crippen LogP contribution is -2.46. The van der Waals surface area contributed by atoms with Crippen molar-refractivity contribution in [2.45, 2.75) is 38.4 Å². The highest BCUT2D eigenvalue weighted by Crippen LogP contribution is 2.22. The molecule has 0 radical (unpaired) electrons. The van der Waals surface area contributed by atoms with Crippen LogP contribution in [0.2, 0.25) is 0 Å². The number of β-amino-alcohol motifs (C(OH)–C–C–N with tert-alkyl or cyclic N) is 1. The van der Waals surface area contributed by atoms with Crippen molar-refractivity contribution < 1.29 is 24.2 Å². The number of aliphatic hydroxyl groups is 1. The summed E-state index contributed by atoms with van der Waals surface area (Å²) in [5.41, 5.74) is -1.74. The van der Waals surface area contributed by atoms with E-state index in [-0.39, 0.29) is 19.7 Å². The summed E-state index contributed by atoms with van der Waals surface area (Å²) in [6.07, 6.45) is 0.730. The first-order chi connectivity index (χ1) is 9.65. The van der Waals surface area contributed by atoms with Crippen LogP contribution in [-0.4, -0.2) is 59.6 Å². The molecule has 0 bridgehead atoms. The van der Waals surface area contributed by atoms with Gasteiger partial charge in [0.25, 0.3) is 0 Å². The number of ether oxygens (including phenoxy) is 2. The summed E-state index contributed by atoms with van der Waals surface area (Å²) >= 11 is 0. The number of carbonyl (C=O) groups is 2. The fourth-order valence-electron chi connectivity index (χ4n) is 1.91. The largest absolute Gasteiger partial charge is 0.445 e. The molecule has 1 atom stereocenters. The van der Waals surface area contributed by atoms with Gasteiger partial charge in [0.2, 0.25) is 0 Å². The van der Waals surface area contributed by atoms with Gasteiger partial charge < -0.3 is 24.8 Å². The molecule has 2 N–H and O–H groups in total. The Balaban J connectivity index is 2.42. The normalized spacial score (nSPS) is 21.8. The Hall–Kier alpha value is -1.76. The molecule has 1 aliphatic heterocycles. The van der Waals surface area contributed by atoms with Crippen LogP contribution >= 0.6 is 0 Å². The molecule has 21 heavy (non-hydrogen) atoms. The lowest BCUT2D eigenvalue weighted by molar-refractivity contribution is 0.0154. The van der Waals surface area contributed by atoms with E-state index in [1.807, 2.05) is 0 Å². The molecule has 2 amide bonds. The van der Waals surface area contributed by atoms with E-state index in [1.54, 1.807) is 20.8 Å². The van der Waals surface area contributed by atoms with Crippen LogP contribution in [0.3, 0.4) is 0 Å². The van der Waals surface area contributed by atoms with Crippen molar-refractivity contribution in [3.05, 3.63) is 12.7 Å². The lowest BCUT2D eigenvalue weighted by Gasteiger charge is -2.26. The van der Waals surface area contributed by atoms with Gasteiger partial charge in [0.05, 0.1) is 13.1 Å². The SMILES string of the molecule is C=CCOC(=O)NCC1(O)CCN(C(=O)OC(C)(C)C)C1. The van der Waals surface area contributed by atoms with Gasteiger partial charge in [-0.25, -0.2) is 9.59 Å². The molecule has 0 spiro atoms. The van der Waals surface area contributed by atoms with E-state index in [1.165, 1.54) is 11.0 Å². The van der Waals surface area contributed by atoms with E-state index in [0.29, 0.717) is 13.0 Å². The molecule has 1 fully saturated rings. The average Bonchev–Trinajstić information content (AvgIpc) is 2.75. The molecule has 120 valence electrons. The highest BCUT2D eigenvalue weighted by atomic mass is 16.6. The third kappa shape index (κ3) is 6.03. The Morgan fingerprint density at radius 2 is 2.14 bits per heavy atom. The van der Waals surface area contributed by atoms with Gasteiger partial charge in [-0.3, -0.25) is 0 Å². The predicted octanol–water partition coefficient (Wildman–Crippen LogP) is 1.27. The molecule has 1 rings (SSSR count). The van der Waals surface area contributed by atoms with Crippen LogP contribution in [0.5, 0.6) is 0 Å². The maximum absolute atomic E-state index is 11.9. The van der Waals surface area contributed by atoms with Gasteiger partial charge in [-0.2, -0.15) is 0 Å². The van der Waals surface area contributed by atoms with E-state index < -0.39 is 23.4 Å². The summed E-state index contributed by atoms with van der Waals surface area (Å²) in [6, 6.07) is 0. The Morgan fingerprint density at radius 1 is 1.48 bits per heavy atom. The number of amides is 2. The minimum Gasteiger partial charge on any atom is -0.445 e. The summed E-state index contributed by atoms with van der Waals surface area (Å²) in [7, 11) is 0. The monoisotopic (exact) mass is 300 g/mol. The maximum Gasteiger partial charge on any atom is 0.410 e. The molecule has 7 heteroatoms. The van der Waals surface area contributed by atoms with E-state index in [9.17, 15) is 14.7 Å². The van der Waals surface area contributed by atoms with Crippen LogP contribution in [0.4, 0.5) is 9.59 Å². The zero-order valence-corrected chi connectivity index (χ0v) is 12.8. The fourth-order valence-corrected chi connectivity index (χ4v) is 1.91. The minimum absolute atomic E-state index is 0.0161. The molecule has 1 aliphatic rings. The van der Waals surface area contributed by atoms with Gasteiger partial charge in [0.15, 0.2) is 0 Å². The first-order valence-corrected chi connectivity index (χ1v) is 6.87. The van der Waals surface area contributed by atoms with E-state index in [0.717, 1.165) is 0 Å². The number of nitrogens with one attached hydrogen (secondary N) is 1. The first-order valence-electron chi connectivity index (χ1n) is 6.87. The molecule has 7 nitrogen and oxygen atoms in total. The van der Waals surface area contributed by atoms with Crippen molar-refractivity contribution in [3.63, 3.8) is 0 Å².